The van der Waals surface area contributed by atoms with Crippen molar-refractivity contribution < 1.29 is 14.3 Å². The van der Waals surface area contributed by atoms with E-state index in [2.05, 4.69) is 15.6 Å². The average molecular weight is 266 g/mol. The van der Waals surface area contributed by atoms with Crippen molar-refractivity contribution >= 4 is 23.4 Å². The molecule has 0 atom stereocenters. The number of rotatable bonds is 6. The molecule has 0 aliphatic rings. The summed E-state index contributed by atoms with van der Waals surface area (Å²) in [4.78, 5) is 26.7. The molecule has 0 unspecified atom stereocenters. The summed E-state index contributed by atoms with van der Waals surface area (Å²) >= 11 is 0. The summed E-state index contributed by atoms with van der Waals surface area (Å²) in [6.07, 6.45) is 1.70. The van der Waals surface area contributed by atoms with Gasteiger partial charge in [-0.3, -0.25) is 4.79 Å². The number of nitrogens with one attached hydrogen (secondary N) is 2. The van der Waals surface area contributed by atoms with Gasteiger partial charge in [-0.05, 0) is 13.0 Å². The summed E-state index contributed by atoms with van der Waals surface area (Å²) in [5, 5.41) is 5.45. The fourth-order valence-electron chi connectivity index (χ4n) is 1.38. The van der Waals surface area contributed by atoms with Crippen LogP contribution >= 0.6 is 0 Å². The highest BCUT2D eigenvalue weighted by atomic mass is 16.5. The number of hydrogen-bond donors (Lipinski definition) is 3. The molecule has 1 heterocycles. The first kappa shape index (κ1) is 14.7. The van der Waals surface area contributed by atoms with Crippen LogP contribution in [0.25, 0.3) is 0 Å². The van der Waals surface area contributed by atoms with E-state index in [0.717, 1.165) is 0 Å². The van der Waals surface area contributed by atoms with Crippen molar-refractivity contribution in [2.45, 2.75) is 13.3 Å². The molecule has 0 aliphatic carbocycles. The van der Waals surface area contributed by atoms with Crippen LogP contribution in [0.3, 0.4) is 0 Å². The van der Waals surface area contributed by atoms with Gasteiger partial charge in [0.1, 0.15) is 5.82 Å². The Balaban J connectivity index is 2.68. The number of carbonyl (C=O) groups excluding carboxylic acids is 2. The minimum absolute atomic E-state index is 0.0754. The van der Waals surface area contributed by atoms with Gasteiger partial charge in [-0.25, -0.2) is 9.78 Å². The van der Waals surface area contributed by atoms with Crippen LogP contribution in [0.5, 0.6) is 0 Å². The third-order valence-corrected chi connectivity index (χ3v) is 2.37. The molecule has 1 aromatic heterocycles. The van der Waals surface area contributed by atoms with Crippen LogP contribution in [0.2, 0.25) is 0 Å². The monoisotopic (exact) mass is 266 g/mol. The minimum atomic E-state index is -0.489. The Morgan fingerprint density at radius 2 is 2.21 bits per heavy atom. The molecule has 0 aromatic carbocycles. The summed E-state index contributed by atoms with van der Waals surface area (Å²) in [7, 11) is 1.57. The molecule has 7 heteroatoms. The van der Waals surface area contributed by atoms with Crippen molar-refractivity contribution in [3.05, 3.63) is 17.8 Å². The van der Waals surface area contributed by atoms with Crippen LogP contribution in [0.4, 0.5) is 11.5 Å². The van der Waals surface area contributed by atoms with Crippen LogP contribution in [0, 0.1) is 0 Å². The Hall–Kier alpha value is -2.31. The van der Waals surface area contributed by atoms with E-state index >= 15 is 0 Å². The highest BCUT2D eigenvalue weighted by Crippen LogP contribution is 2.16. The number of nitrogens with zero attached hydrogens (tertiary/aromatic N) is 1. The zero-order chi connectivity index (χ0) is 14.3. The molecule has 104 valence electrons. The first-order valence-electron chi connectivity index (χ1n) is 5.95. The Kier molecular flexibility index (Phi) is 5.59. The molecule has 0 spiro atoms. The second-order valence-corrected chi connectivity index (χ2v) is 3.73. The van der Waals surface area contributed by atoms with Gasteiger partial charge in [0.25, 0.3) is 0 Å². The van der Waals surface area contributed by atoms with Gasteiger partial charge in [0, 0.05) is 20.0 Å². The molecule has 1 aromatic rings. The first-order chi connectivity index (χ1) is 9.08. The lowest BCUT2D eigenvalue weighted by atomic mass is 10.2. The maximum atomic E-state index is 11.6. The van der Waals surface area contributed by atoms with E-state index in [4.69, 9.17) is 10.5 Å². The van der Waals surface area contributed by atoms with Crippen molar-refractivity contribution in [1.82, 2.24) is 10.3 Å². The van der Waals surface area contributed by atoms with Gasteiger partial charge in [-0.15, -0.1) is 0 Å². The zero-order valence-corrected chi connectivity index (χ0v) is 11.0. The van der Waals surface area contributed by atoms with Crippen LogP contribution in [0.15, 0.2) is 12.3 Å². The molecule has 0 fully saturated rings. The lowest BCUT2D eigenvalue weighted by Gasteiger charge is -2.09. The Labute approximate surface area is 111 Å². The number of carbonyl (C=O) groups is 2. The Morgan fingerprint density at radius 3 is 2.84 bits per heavy atom. The SMILES string of the molecule is CCOC(=O)c1cc(NCCC(=O)NC)ncc1N. The van der Waals surface area contributed by atoms with Crippen LogP contribution in [-0.2, 0) is 9.53 Å². The zero-order valence-electron chi connectivity index (χ0n) is 11.0. The maximum absolute atomic E-state index is 11.6. The topological polar surface area (TPSA) is 106 Å². The van der Waals surface area contributed by atoms with Crippen LogP contribution < -0.4 is 16.4 Å². The highest BCUT2D eigenvalue weighted by Gasteiger charge is 2.12. The van der Waals surface area contributed by atoms with Gasteiger partial charge in [0.2, 0.25) is 5.91 Å². The number of pyridine rings is 1. The minimum Gasteiger partial charge on any atom is -0.462 e. The fourth-order valence-corrected chi connectivity index (χ4v) is 1.38. The molecule has 7 nitrogen and oxygen atoms in total. The van der Waals surface area contributed by atoms with Crippen molar-refractivity contribution in [2.24, 2.45) is 0 Å². The largest absolute Gasteiger partial charge is 0.462 e. The van der Waals surface area contributed by atoms with E-state index in [9.17, 15) is 9.59 Å². The summed E-state index contributed by atoms with van der Waals surface area (Å²) < 4.78 is 4.89. The number of aromatic nitrogens is 1. The molecular weight excluding hydrogens is 248 g/mol. The normalized spacial score (nSPS) is 9.79. The molecule has 4 N–H and O–H groups in total. The second-order valence-electron chi connectivity index (χ2n) is 3.73. The quantitative estimate of drug-likeness (QED) is 0.643. The number of amides is 1. The van der Waals surface area contributed by atoms with Crippen molar-refractivity contribution in [3.63, 3.8) is 0 Å². The van der Waals surface area contributed by atoms with Gasteiger partial charge in [0.05, 0.1) is 24.1 Å². The van der Waals surface area contributed by atoms with Gasteiger partial charge in [0.15, 0.2) is 0 Å². The Bertz CT molecular complexity index is 462. The lowest BCUT2D eigenvalue weighted by molar-refractivity contribution is -0.120. The van der Waals surface area contributed by atoms with Crippen molar-refractivity contribution in [2.75, 3.05) is 31.2 Å². The smallest absolute Gasteiger partial charge is 0.340 e. The number of ether oxygens (including phenoxy) is 1. The van der Waals surface area contributed by atoms with Crippen molar-refractivity contribution in [1.29, 1.82) is 0 Å². The van der Waals surface area contributed by atoms with Gasteiger partial charge in [-0.1, -0.05) is 0 Å². The molecule has 0 saturated carbocycles. The van der Waals surface area contributed by atoms with E-state index in [0.29, 0.717) is 18.8 Å². The van der Waals surface area contributed by atoms with Crippen molar-refractivity contribution in [3.8, 4) is 0 Å². The number of hydrogen-bond acceptors (Lipinski definition) is 6. The maximum Gasteiger partial charge on any atom is 0.340 e. The van der Waals surface area contributed by atoms with E-state index in [1.807, 2.05) is 0 Å². The Morgan fingerprint density at radius 1 is 1.47 bits per heavy atom. The molecule has 1 amide bonds. The predicted molar refractivity (Wildman–Crippen MR) is 71.8 cm³/mol. The second kappa shape index (κ2) is 7.20. The number of nitrogens with two attached hydrogens (primary N) is 1. The highest BCUT2D eigenvalue weighted by molar-refractivity contribution is 5.95. The molecule has 0 saturated heterocycles. The molecule has 0 radical (unpaired) electrons. The number of nitrogen functional groups attached to an aromatic ring is 1. The molecule has 0 bridgehead atoms. The van der Waals surface area contributed by atoms with E-state index in [1.165, 1.54) is 12.3 Å². The third kappa shape index (κ3) is 4.46. The molecule has 0 aliphatic heterocycles. The molecular formula is C12H18N4O3. The molecule has 19 heavy (non-hydrogen) atoms. The van der Waals surface area contributed by atoms with Gasteiger partial charge in [-0.2, -0.15) is 0 Å². The standard InChI is InChI=1S/C12H18N4O3/c1-3-19-12(18)8-6-10(16-7-9(8)13)15-5-4-11(17)14-2/h6-7H,3-5,13H2,1-2H3,(H,14,17)(H,15,16). The summed E-state index contributed by atoms with van der Waals surface area (Å²) in [5.41, 5.74) is 6.19. The fraction of sp³-hybridized carbons (Fsp3) is 0.417. The van der Waals surface area contributed by atoms with E-state index in [-0.39, 0.29) is 23.8 Å². The van der Waals surface area contributed by atoms with Gasteiger partial charge >= 0.3 is 5.97 Å². The van der Waals surface area contributed by atoms with Crippen LogP contribution in [0.1, 0.15) is 23.7 Å². The van der Waals surface area contributed by atoms with Crippen LogP contribution in [-0.4, -0.2) is 37.1 Å². The predicted octanol–water partition coefficient (Wildman–Crippen LogP) is 0.388. The third-order valence-electron chi connectivity index (χ3n) is 2.37. The summed E-state index contributed by atoms with van der Waals surface area (Å²) in [6.45, 7) is 2.41. The summed E-state index contributed by atoms with van der Waals surface area (Å²) in [5.74, 6) is -0.0912. The average Bonchev–Trinajstić information content (AvgIpc) is 2.40. The van der Waals surface area contributed by atoms with E-state index < -0.39 is 5.97 Å². The number of esters is 1. The first-order valence-corrected chi connectivity index (χ1v) is 5.95. The van der Waals surface area contributed by atoms with E-state index in [1.54, 1.807) is 14.0 Å². The molecule has 1 rings (SSSR count). The van der Waals surface area contributed by atoms with Gasteiger partial charge < -0.3 is 21.1 Å². The lowest BCUT2D eigenvalue weighted by Crippen LogP contribution is -2.21. The number of anilines is 2. The summed E-state index contributed by atoms with van der Waals surface area (Å²) in [6, 6.07) is 1.51.